The van der Waals surface area contributed by atoms with Crippen LogP contribution >= 0.6 is 0 Å². The van der Waals surface area contributed by atoms with E-state index in [9.17, 15) is 13.3 Å². The first-order chi connectivity index (χ1) is 4.84. The largest absolute Gasteiger partial charge is 0.591 e. The maximum absolute atomic E-state index is 11.5. The van der Waals surface area contributed by atoms with E-state index >= 15 is 0 Å². The Balaban J connectivity index is 3.97. The van der Waals surface area contributed by atoms with Crippen molar-refractivity contribution in [3.05, 3.63) is 0 Å². The average Bonchev–Trinajstić information content (AvgIpc) is 1.80. The molecule has 0 spiro atoms. The first-order valence-corrected chi connectivity index (χ1v) is 4.19. The Morgan fingerprint density at radius 2 is 1.91 bits per heavy atom. The number of hydrogen-bond donors (Lipinski definition) is 0. The van der Waals surface area contributed by atoms with Crippen LogP contribution < -0.4 is 0 Å². The molecule has 0 unspecified atom stereocenters. The normalized spacial score (nSPS) is 16.3. The van der Waals surface area contributed by atoms with E-state index in [2.05, 4.69) is 4.40 Å². The van der Waals surface area contributed by atoms with Gasteiger partial charge in [-0.1, -0.05) is 4.40 Å². The lowest BCUT2D eigenvalue weighted by Gasteiger charge is -2.17. The molecule has 0 saturated carbocycles. The zero-order valence-corrected chi connectivity index (χ0v) is 7.49. The van der Waals surface area contributed by atoms with E-state index in [1.165, 1.54) is 0 Å². The topological polar surface area (TPSA) is 35.4 Å². The van der Waals surface area contributed by atoms with Crippen LogP contribution in [0.25, 0.3) is 0 Å². The van der Waals surface area contributed by atoms with Crippen LogP contribution in [0.1, 0.15) is 20.8 Å². The molecule has 1 atom stereocenters. The van der Waals surface area contributed by atoms with Gasteiger partial charge in [0.15, 0.2) is 0 Å². The fraction of sp³-hybridized carbons (Fsp3) is 0.833. The molecule has 2 nitrogen and oxygen atoms in total. The van der Waals surface area contributed by atoms with Gasteiger partial charge in [0, 0.05) is 0 Å². The maximum atomic E-state index is 11.5. The summed E-state index contributed by atoms with van der Waals surface area (Å²) in [6.45, 7) is 5.02. The monoisotopic (exact) mass is 183 g/mol. The van der Waals surface area contributed by atoms with E-state index < -0.39 is 22.5 Å². The molecule has 0 aliphatic rings. The number of rotatable bonds is 2. The predicted octanol–water partition coefficient (Wildman–Crippen LogP) is 1.78. The summed E-state index contributed by atoms with van der Waals surface area (Å²) in [6.07, 6.45) is -2.22. The van der Waals surface area contributed by atoms with Gasteiger partial charge in [-0.05, 0) is 20.8 Å². The summed E-state index contributed by atoms with van der Waals surface area (Å²) in [7, 11) is 0. The number of halogens is 2. The van der Waals surface area contributed by atoms with Gasteiger partial charge < -0.3 is 4.55 Å². The minimum absolute atomic E-state index is 0.404. The number of nitrogens with zero attached hydrogens (tertiary/aromatic N) is 1. The van der Waals surface area contributed by atoms with Gasteiger partial charge in [0.1, 0.15) is 22.3 Å². The molecule has 0 N–H and O–H groups in total. The van der Waals surface area contributed by atoms with Crippen LogP contribution in [0, 0.1) is 0 Å². The van der Waals surface area contributed by atoms with Gasteiger partial charge in [0.2, 0.25) is 0 Å². The third-order valence-corrected chi connectivity index (χ3v) is 2.15. The third kappa shape index (κ3) is 5.15. The molecule has 0 aromatic heterocycles. The molecule has 0 radical (unpaired) electrons. The first kappa shape index (κ1) is 10.8. The van der Waals surface area contributed by atoms with Crippen LogP contribution in [0.2, 0.25) is 0 Å². The fourth-order valence-electron chi connectivity index (χ4n) is 0.259. The minimum Gasteiger partial charge on any atom is -0.591 e. The highest BCUT2D eigenvalue weighted by Crippen LogP contribution is 2.16. The first-order valence-electron chi connectivity index (χ1n) is 3.08. The van der Waals surface area contributed by atoms with Crippen LogP contribution in [0.15, 0.2) is 4.40 Å². The lowest BCUT2D eigenvalue weighted by molar-refractivity contribution is 0.231. The predicted molar refractivity (Wildman–Crippen MR) is 42.4 cm³/mol. The Kier molecular flexibility index (Phi) is 3.96. The van der Waals surface area contributed by atoms with Crippen LogP contribution in [0.3, 0.4) is 0 Å². The van der Waals surface area contributed by atoms with Crippen LogP contribution in [0.5, 0.6) is 0 Å². The van der Waals surface area contributed by atoms with Crippen molar-refractivity contribution < 1.29 is 13.3 Å². The van der Waals surface area contributed by atoms with Gasteiger partial charge in [-0.25, -0.2) is 8.78 Å². The van der Waals surface area contributed by atoms with Crippen LogP contribution in [-0.4, -0.2) is 21.9 Å². The molecular weight excluding hydrogens is 172 g/mol. The molecule has 0 amide bonds. The summed E-state index contributed by atoms with van der Waals surface area (Å²) in [6, 6.07) is 0. The second kappa shape index (κ2) is 4.01. The van der Waals surface area contributed by atoms with E-state index in [1.807, 2.05) is 0 Å². The summed E-state index contributed by atoms with van der Waals surface area (Å²) in [5.74, 6) is 0. The molecule has 0 heterocycles. The van der Waals surface area contributed by atoms with E-state index in [0.717, 1.165) is 0 Å². The Morgan fingerprint density at radius 1 is 1.45 bits per heavy atom. The van der Waals surface area contributed by atoms with Crippen molar-refractivity contribution in [2.24, 2.45) is 4.40 Å². The molecule has 0 fully saturated rings. The molecule has 66 valence electrons. The summed E-state index contributed by atoms with van der Waals surface area (Å²) in [5, 5.41) is 0. The van der Waals surface area contributed by atoms with Crippen molar-refractivity contribution in [1.82, 2.24) is 0 Å². The standard InChI is InChI=1S/C6H11F2NOS/c1-6(2,3)11(10)9-4-5(7)8/h4-5H,1-3H3/t11-/m0/s1. The highest BCUT2D eigenvalue weighted by atomic mass is 32.2. The third-order valence-electron chi connectivity index (χ3n) is 0.793. The maximum Gasteiger partial charge on any atom is 0.278 e. The van der Waals surface area contributed by atoms with Gasteiger partial charge in [-0.15, -0.1) is 0 Å². The number of alkyl halides is 2. The smallest absolute Gasteiger partial charge is 0.278 e. The molecule has 0 rings (SSSR count). The fourth-order valence-corrected chi connectivity index (χ4v) is 0.778. The van der Waals surface area contributed by atoms with Crippen molar-refractivity contribution in [1.29, 1.82) is 0 Å². The van der Waals surface area contributed by atoms with Crippen LogP contribution in [-0.2, 0) is 11.4 Å². The second-order valence-electron chi connectivity index (χ2n) is 2.95. The molecule has 0 aromatic carbocycles. The van der Waals surface area contributed by atoms with Crippen molar-refractivity contribution >= 4 is 17.6 Å². The summed E-state index contributed by atoms with van der Waals surface area (Å²) < 4.78 is 36.6. The van der Waals surface area contributed by atoms with Gasteiger partial charge in [-0.2, -0.15) is 0 Å². The molecule has 0 aliphatic heterocycles. The van der Waals surface area contributed by atoms with Gasteiger partial charge in [0.25, 0.3) is 6.43 Å². The van der Waals surface area contributed by atoms with Gasteiger partial charge >= 0.3 is 0 Å². The SMILES string of the molecule is CC(C)(C)[S@+]([O-])N=CC(F)F. The molecule has 0 bridgehead atoms. The van der Waals surface area contributed by atoms with Gasteiger partial charge in [-0.3, -0.25) is 0 Å². The Hall–Kier alpha value is -0.160. The molecule has 0 aliphatic carbocycles. The summed E-state index contributed by atoms with van der Waals surface area (Å²) >= 11 is -1.57. The highest BCUT2D eigenvalue weighted by Gasteiger charge is 2.26. The van der Waals surface area contributed by atoms with Gasteiger partial charge in [0.05, 0.1) is 0 Å². The average molecular weight is 183 g/mol. The van der Waals surface area contributed by atoms with E-state index in [0.29, 0.717) is 6.21 Å². The Bertz CT molecular complexity index is 144. The summed E-state index contributed by atoms with van der Waals surface area (Å²) in [4.78, 5) is 0. The zero-order valence-electron chi connectivity index (χ0n) is 6.67. The van der Waals surface area contributed by atoms with E-state index in [-0.39, 0.29) is 0 Å². The molecule has 0 aromatic rings. The minimum atomic E-state index is -2.62. The molecule has 5 heteroatoms. The van der Waals surface area contributed by atoms with Crippen molar-refractivity contribution in [3.63, 3.8) is 0 Å². The quantitative estimate of drug-likeness (QED) is 0.474. The second-order valence-corrected chi connectivity index (χ2v) is 4.88. The molecule has 11 heavy (non-hydrogen) atoms. The summed E-state index contributed by atoms with van der Waals surface area (Å²) in [5.41, 5.74) is 0. The molecule has 0 saturated heterocycles. The molecular formula is C6H11F2NOS. The van der Waals surface area contributed by atoms with Crippen molar-refractivity contribution in [2.75, 3.05) is 0 Å². The lowest BCUT2D eigenvalue weighted by Crippen LogP contribution is -2.26. The Labute approximate surface area is 68.0 Å². The van der Waals surface area contributed by atoms with E-state index in [1.54, 1.807) is 20.8 Å². The van der Waals surface area contributed by atoms with Crippen molar-refractivity contribution in [2.45, 2.75) is 31.9 Å². The lowest BCUT2D eigenvalue weighted by atomic mass is 10.3. The highest BCUT2D eigenvalue weighted by molar-refractivity contribution is 7.91. The van der Waals surface area contributed by atoms with E-state index in [4.69, 9.17) is 0 Å². The van der Waals surface area contributed by atoms with Crippen molar-refractivity contribution in [3.8, 4) is 0 Å². The zero-order chi connectivity index (χ0) is 9.07. The Morgan fingerprint density at radius 3 is 2.18 bits per heavy atom. The number of hydrogen-bond acceptors (Lipinski definition) is 2. The van der Waals surface area contributed by atoms with Crippen LogP contribution in [0.4, 0.5) is 8.78 Å².